The summed E-state index contributed by atoms with van der Waals surface area (Å²) in [7, 11) is 0. The van der Waals surface area contributed by atoms with Gasteiger partial charge in [-0.25, -0.2) is 4.79 Å². The Labute approximate surface area is 98.1 Å². The highest BCUT2D eigenvalue weighted by Crippen LogP contribution is 2.14. The maximum Gasteiger partial charge on any atom is 0.407 e. The van der Waals surface area contributed by atoms with Crippen molar-refractivity contribution in [1.29, 1.82) is 0 Å². The smallest absolute Gasteiger partial charge is 0.407 e. The van der Waals surface area contributed by atoms with Crippen molar-refractivity contribution >= 4 is 6.09 Å². The number of hydrogen-bond donors (Lipinski definition) is 2. The molecule has 0 unspecified atom stereocenters. The van der Waals surface area contributed by atoms with E-state index in [2.05, 4.69) is 17.6 Å². The highest BCUT2D eigenvalue weighted by atomic mass is 16.6. The summed E-state index contributed by atoms with van der Waals surface area (Å²) in [6.45, 7) is 9.71. The average Bonchev–Trinajstić information content (AvgIpc) is 2.15. The van der Waals surface area contributed by atoms with E-state index in [-0.39, 0.29) is 12.1 Å². The third kappa shape index (κ3) is 4.84. The van der Waals surface area contributed by atoms with Crippen molar-refractivity contribution in [3.63, 3.8) is 0 Å². The van der Waals surface area contributed by atoms with Crippen LogP contribution in [0.3, 0.4) is 0 Å². The van der Waals surface area contributed by atoms with Crippen LogP contribution in [-0.4, -0.2) is 30.8 Å². The van der Waals surface area contributed by atoms with Gasteiger partial charge in [-0.2, -0.15) is 0 Å². The molecule has 0 aliphatic carbocycles. The van der Waals surface area contributed by atoms with Crippen molar-refractivity contribution in [2.45, 2.75) is 52.2 Å². The molecule has 4 nitrogen and oxygen atoms in total. The summed E-state index contributed by atoms with van der Waals surface area (Å²) in [6.07, 6.45) is 1.89. The van der Waals surface area contributed by atoms with Gasteiger partial charge in [-0.15, -0.1) is 0 Å². The third-order valence-electron chi connectivity index (χ3n) is 2.74. The fourth-order valence-corrected chi connectivity index (χ4v) is 1.93. The molecule has 2 atom stereocenters. The number of carbonyl (C=O) groups excluding carboxylic acids is 1. The van der Waals surface area contributed by atoms with Crippen molar-refractivity contribution in [3.05, 3.63) is 0 Å². The quantitative estimate of drug-likeness (QED) is 0.759. The van der Waals surface area contributed by atoms with Crippen LogP contribution in [-0.2, 0) is 4.74 Å². The van der Waals surface area contributed by atoms with E-state index < -0.39 is 5.60 Å². The van der Waals surface area contributed by atoms with Gasteiger partial charge in [0, 0.05) is 12.6 Å². The number of carbonyl (C=O) groups is 1. The molecule has 1 fully saturated rings. The van der Waals surface area contributed by atoms with Gasteiger partial charge in [-0.05, 0) is 39.7 Å². The Morgan fingerprint density at radius 1 is 1.44 bits per heavy atom. The Morgan fingerprint density at radius 2 is 2.12 bits per heavy atom. The van der Waals surface area contributed by atoms with Crippen LogP contribution < -0.4 is 10.6 Å². The molecule has 1 amide bonds. The lowest BCUT2D eigenvalue weighted by Crippen LogP contribution is -2.49. The molecule has 0 aromatic rings. The molecule has 0 spiro atoms. The number of ether oxygens (including phenoxy) is 1. The fourth-order valence-electron chi connectivity index (χ4n) is 1.93. The first-order valence-corrected chi connectivity index (χ1v) is 6.11. The van der Waals surface area contributed by atoms with E-state index in [1.54, 1.807) is 0 Å². The molecular formula is C12H24N2O2. The zero-order valence-electron chi connectivity index (χ0n) is 10.8. The molecule has 1 aliphatic heterocycles. The molecule has 1 aliphatic rings. The standard InChI is InChI=1S/C12H24N2O2/c1-5-9-6-10(8-13-7-9)14-11(15)16-12(2,3)4/h9-10,13H,5-8H2,1-4H3,(H,14,15)/t9-,10-/m1/s1. The second kappa shape index (κ2) is 5.53. The predicted octanol–water partition coefficient (Wildman–Crippen LogP) is 1.90. The lowest BCUT2D eigenvalue weighted by Gasteiger charge is -2.30. The highest BCUT2D eigenvalue weighted by Gasteiger charge is 2.24. The summed E-state index contributed by atoms with van der Waals surface area (Å²) in [6, 6.07) is 0.202. The lowest BCUT2D eigenvalue weighted by molar-refractivity contribution is 0.0489. The number of piperidine rings is 1. The molecule has 1 heterocycles. The van der Waals surface area contributed by atoms with Crippen molar-refractivity contribution in [2.24, 2.45) is 5.92 Å². The van der Waals surface area contributed by atoms with E-state index in [4.69, 9.17) is 4.74 Å². The minimum Gasteiger partial charge on any atom is -0.444 e. The Balaban J connectivity index is 2.33. The molecule has 2 N–H and O–H groups in total. The average molecular weight is 228 g/mol. The molecular weight excluding hydrogens is 204 g/mol. The molecule has 0 bridgehead atoms. The van der Waals surface area contributed by atoms with Crippen LogP contribution in [0.5, 0.6) is 0 Å². The third-order valence-corrected chi connectivity index (χ3v) is 2.74. The van der Waals surface area contributed by atoms with E-state index in [9.17, 15) is 4.79 Å². The SMILES string of the molecule is CC[C@H]1CNC[C@H](NC(=O)OC(C)(C)C)C1. The molecule has 16 heavy (non-hydrogen) atoms. The second-order valence-electron chi connectivity index (χ2n) is 5.51. The Bertz CT molecular complexity index is 236. The first-order valence-electron chi connectivity index (χ1n) is 6.11. The van der Waals surface area contributed by atoms with Crippen LogP contribution in [0.4, 0.5) is 4.79 Å². The van der Waals surface area contributed by atoms with Crippen molar-refractivity contribution in [2.75, 3.05) is 13.1 Å². The van der Waals surface area contributed by atoms with Gasteiger partial charge in [0.05, 0.1) is 0 Å². The monoisotopic (exact) mass is 228 g/mol. The first kappa shape index (κ1) is 13.3. The van der Waals surface area contributed by atoms with E-state index in [0.29, 0.717) is 5.92 Å². The van der Waals surface area contributed by atoms with Gasteiger partial charge < -0.3 is 15.4 Å². The van der Waals surface area contributed by atoms with Crippen LogP contribution in [0, 0.1) is 5.92 Å². The van der Waals surface area contributed by atoms with Crippen LogP contribution in [0.25, 0.3) is 0 Å². The molecule has 1 rings (SSSR count). The van der Waals surface area contributed by atoms with Gasteiger partial charge in [0.15, 0.2) is 0 Å². The van der Waals surface area contributed by atoms with Gasteiger partial charge in [0.2, 0.25) is 0 Å². The Morgan fingerprint density at radius 3 is 2.69 bits per heavy atom. The van der Waals surface area contributed by atoms with Gasteiger partial charge in [-0.1, -0.05) is 13.3 Å². The summed E-state index contributed by atoms with van der Waals surface area (Å²) in [5.74, 6) is 0.661. The Hall–Kier alpha value is -0.770. The molecule has 0 aromatic heterocycles. The van der Waals surface area contributed by atoms with E-state index in [0.717, 1.165) is 25.9 Å². The van der Waals surface area contributed by atoms with Gasteiger partial charge in [0.1, 0.15) is 5.60 Å². The lowest BCUT2D eigenvalue weighted by atomic mass is 9.94. The van der Waals surface area contributed by atoms with E-state index in [1.165, 1.54) is 0 Å². The summed E-state index contributed by atoms with van der Waals surface area (Å²) in [5.41, 5.74) is -0.420. The van der Waals surface area contributed by atoms with Crippen LogP contribution in [0.2, 0.25) is 0 Å². The molecule has 0 saturated carbocycles. The molecule has 1 saturated heterocycles. The van der Waals surface area contributed by atoms with Crippen molar-refractivity contribution in [3.8, 4) is 0 Å². The molecule has 0 radical (unpaired) electrons. The van der Waals surface area contributed by atoms with E-state index >= 15 is 0 Å². The topological polar surface area (TPSA) is 50.4 Å². The largest absolute Gasteiger partial charge is 0.444 e. The van der Waals surface area contributed by atoms with Crippen molar-refractivity contribution < 1.29 is 9.53 Å². The predicted molar refractivity (Wildman–Crippen MR) is 64.4 cm³/mol. The number of rotatable bonds is 2. The summed E-state index contributed by atoms with van der Waals surface area (Å²) in [5, 5.41) is 6.25. The number of amides is 1. The normalized spacial score (nSPS) is 26.2. The second-order valence-corrected chi connectivity index (χ2v) is 5.51. The Kier molecular flexibility index (Phi) is 4.59. The van der Waals surface area contributed by atoms with Crippen LogP contribution in [0.1, 0.15) is 40.5 Å². The zero-order valence-corrected chi connectivity index (χ0v) is 10.8. The van der Waals surface area contributed by atoms with Crippen LogP contribution >= 0.6 is 0 Å². The number of alkyl carbamates (subject to hydrolysis) is 1. The van der Waals surface area contributed by atoms with Crippen LogP contribution in [0.15, 0.2) is 0 Å². The van der Waals surface area contributed by atoms with Gasteiger partial charge in [-0.3, -0.25) is 0 Å². The minimum atomic E-state index is -0.420. The molecule has 4 heteroatoms. The number of nitrogens with one attached hydrogen (secondary N) is 2. The molecule has 94 valence electrons. The summed E-state index contributed by atoms with van der Waals surface area (Å²) in [4.78, 5) is 11.6. The maximum atomic E-state index is 11.6. The highest BCUT2D eigenvalue weighted by molar-refractivity contribution is 5.68. The van der Waals surface area contributed by atoms with Gasteiger partial charge in [0.25, 0.3) is 0 Å². The summed E-state index contributed by atoms with van der Waals surface area (Å²) < 4.78 is 5.23. The molecule has 0 aromatic carbocycles. The fraction of sp³-hybridized carbons (Fsp3) is 0.917. The zero-order chi connectivity index (χ0) is 12.2. The van der Waals surface area contributed by atoms with Gasteiger partial charge >= 0.3 is 6.09 Å². The minimum absolute atomic E-state index is 0.202. The maximum absolute atomic E-state index is 11.6. The summed E-state index contributed by atoms with van der Waals surface area (Å²) >= 11 is 0. The van der Waals surface area contributed by atoms with Crippen molar-refractivity contribution in [1.82, 2.24) is 10.6 Å². The first-order chi connectivity index (χ1) is 7.40. The number of hydrogen-bond acceptors (Lipinski definition) is 3. The van der Waals surface area contributed by atoms with E-state index in [1.807, 2.05) is 20.8 Å².